The predicted molar refractivity (Wildman–Crippen MR) is 101 cm³/mol. The summed E-state index contributed by atoms with van der Waals surface area (Å²) in [7, 11) is 0. The van der Waals surface area contributed by atoms with Crippen LogP contribution in [-0.2, 0) is 9.53 Å². The molecule has 0 unspecified atom stereocenters. The van der Waals surface area contributed by atoms with Gasteiger partial charge in [-0.25, -0.2) is 0 Å². The topological polar surface area (TPSA) is 62.7 Å². The van der Waals surface area contributed by atoms with Crippen LogP contribution >= 0.6 is 11.6 Å². The van der Waals surface area contributed by atoms with Crippen LogP contribution in [0.5, 0.6) is 0 Å². The van der Waals surface area contributed by atoms with E-state index in [0.29, 0.717) is 43.1 Å². The van der Waals surface area contributed by atoms with Gasteiger partial charge in [-0.05, 0) is 37.6 Å². The predicted octanol–water partition coefficient (Wildman–Crippen LogP) is 2.76. The lowest BCUT2D eigenvalue weighted by Gasteiger charge is -2.42. The van der Waals surface area contributed by atoms with Crippen molar-refractivity contribution in [3.63, 3.8) is 0 Å². The molecule has 0 radical (unpaired) electrons. The van der Waals surface area contributed by atoms with Crippen molar-refractivity contribution in [2.45, 2.75) is 38.0 Å². The zero-order valence-corrected chi connectivity index (χ0v) is 15.8. The third-order valence-corrected chi connectivity index (χ3v) is 6.24. The van der Waals surface area contributed by atoms with Crippen molar-refractivity contribution in [1.82, 2.24) is 14.8 Å². The minimum Gasteiger partial charge on any atom is -0.353 e. The molecule has 1 spiro atoms. The number of aryl methyl sites for hydroxylation is 1. The Labute approximate surface area is 162 Å². The van der Waals surface area contributed by atoms with Crippen LogP contribution in [0.15, 0.2) is 24.3 Å². The maximum Gasteiger partial charge on any atom is 0.255 e. The Kier molecular flexibility index (Phi) is 3.71. The van der Waals surface area contributed by atoms with Crippen molar-refractivity contribution in [3.8, 4) is 0 Å². The first kappa shape index (κ1) is 17.0. The van der Waals surface area contributed by atoms with Crippen LogP contribution in [0.4, 0.5) is 0 Å². The van der Waals surface area contributed by atoms with Gasteiger partial charge in [0.25, 0.3) is 5.91 Å². The summed E-state index contributed by atoms with van der Waals surface area (Å²) in [4.78, 5) is 34.2. The van der Waals surface area contributed by atoms with Gasteiger partial charge in [0.05, 0.1) is 30.1 Å². The molecule has 0 aliphatic carbocycles. The van der Waals surface area contributed by atoms with Gasteiger partial charge in [0.2, 0.25) is 5.91 Å². The number of pyridine rings is 1. The van der Waals surface area contributed by atoms with Crippen LogP contribution in [0.1, 0.15) is 35.3 Å². The summed E-state index contributed by atoms with van der Waals surface area (Å²) in [5.74, 6) is -0.00511. The fourth-order valence-corrected chi connectivity index (χ4v) is 5.03. The molecule has 0 saturated carbocycles. The Balaban J connectivity index is 1.57. The maximum atomic E-state index is 13.5. The third-order valence-electron chi connectivity index (χ3n) is 6.00. The molecule has 1 aromatic carbocycles. The summed E-state index contributed by atoms with van der Waals surface area (Å²) < 4.78 is 6.11. The van der Waals surface area contributed by atoms with Crippen LogP contribution < -0.4 is 0 Å². The zero-order valence-electron chi connectivity index (χ0n) is 15.1. The standard InChI is InChI=1S/C20H20ClN3O3/c1-12-9-15(14-10-13(21)3-4-16(14)22-12)19(26)23-7-5-20-17(23)11-18(25)24(20)6-2-8-27-20/h3-4,9-10,17H,2,5-8,11H2,1H3/t17-,20+/m1/s1. The molecule has 4 heterocycles. The first-order valence-electron chi connectivity index (χ1n) is 9.32. The lowest BCUT2D eigenvalue weighted by Crippen LogP contribution is -2.56. The Morgan fingerprint density at radius 1 is 1.33 bits per heavy atom. The highest BCUT2D eigenvalue weighted by molar-refractivity contribution is 6.31. The largest absolute Gasteiger partial charge is 0.353 e. The lowest BCUT2D eigenvalue weighted by atomic mass is 10.0. The van der Waals surface area contributed by atoms with Crippen molar-refractivity contribution >= 4 is 34.3 Å². The minimum atomic E-state index is -0.638. The van der Waals surface area contributed by atoms with E-state index in [9.17, 15) is 9.59 Å². The van der Waals surface area contributed by atoms with E-state index >= 15 is 0 Å². The molecular formula is C20H20ClN3O3. The summed E-state index contributed by atoms with van der Waals surface area (Å²) in [6, 6.07) is 6.96. The van der Waals surface area contributed by atoms with Crippen molar-refractivity contribution < 1.29 is 14.3 Å². The quantitative estimate of drug-likeness (QED) is 0.757. The molecule has 7 heteroatoms. The molecule has 6 nitrogen and oxygen atoms in total. The monoisotopic (exact) mass is 385 g/mol. The van der Waals surface area contributed by atoms with Crippen molar-refractivity contribution in [3.05, 3.63) is 40.5 Å². The molecule has 2 amide bonds. The maximum absolute atomic E-state index is 13.5. The van der Waals surface area contributed by atoms with Crippen molar-refractivity contribution in [1.29, 1.82) is 0 Å². The second kappa shape index (κ2) is 5.91. The number of fused-ring (bicyclic) bond motifs is 1. The number of hydrogen-bond donors (Lipinski definition) is 0. The molecule has 3 fully saturated rings. The molecule has 1 aromatic heterocycles. The van der Waals surface area contributed by atoms with E-state index < -0.39 is 5.72 Å². The van der Waals surface area contributed by atoms with Gasteiger partial charge in [-0.3, -0.25) is 14.6 Å². The van der Waals surface area contributed by atoms with Gasteiger partial charge in [-0.15, -0.1) is 0 Å². The normalized spacial score (nSPS) is 27.2. The molecule has 5 rings (SSSR count). The number of ether oxygens (including phenoxy) is 1. The van der Waals surface area contributed by atoms with Gasteiger partial charge in [0.15, 0.2) is 5.72 Å². The molecular weight excluding hydrogens is 366 g/mol. The summed E-state index contributed by atoms with van der Waals surface area (Å²) in [5.41, 5.74) is 1.47. The number of likely N-dealkylation sites (tertiary alicyclic amines) is 1. The van der Waals surface area contributed by atoms with Gasteiger partial charge in [0, 0.05) is 35.6 Å². The van der Waals surface area contributed by atoms with E-state index in [4.69, 9.17) is 16.3 Å². The van der Waals surface area contributed by atoms with Gasteiger partial charge < -0.3 is 14.5 Å². The second-order valence-corrected chi connectivity index (χ2v) is 7.97. The molecule has 27 heavy (non-hydrogen) atoms. The fourth-order valence-electron chi connectivity index (χ4n) is 4.85. The summed E-state index contributed by atoms with van der Waals surface area (Å²) in [6.07, 6.45) is 1.84. The zero-order chi connectivity index (χ0) is 18.8. The Hall–Kier alpha value is -2.18. The van der Waals surface area contributed by atoms with E-state index in [1.54, 1.807) is 12.1 Å². The van der Waals surface area contributed by atoms with Crippen LogP contribution in [0.3, 0.4) is 0 Å². The molecule has 3 aliphatic heterocycles. The van der Waals surface area contributed by atoms with Gasteiger partial charge >= 0.3 is 0 Å². The molecule has 2 aromatic rings. The Morgan fingerprint density at radius 3 is 3.04 bits per heavy atom. The number of carbonyl (C=O) groups excluding carboxylic acids is 2. The van der Waals surface area contributed by atoms with E-state index in [2.05, 4.69) is 4.98 Å². The van der Waals surface area contributed by atoms with Crippen LogP contribution in [0, 0.1) is 6.92 Å². The highest BCUT2D eigenvalue weighted by Gasteiger charge is 2.61. The first-order chi connectivity index (χ1) is 13.0. The smallest absolute Gasteiger partial charge is 0.255 e. The minimum absolute atomic E-state index is 0.0796. The average Bonchev–Trinajstić information content (AvgIpc) is 3.13. The lowest BCUT2D eigenvalue weighted by molar-refractivity contribution is -0.179. The number of benzene rings is 1. The second-order valence-electron chi connectivity index (χ2n) is 7.53. The van der Waals surface area contributed by atoms with Gasteiger partial charge in [-0.1, -0.05) is 11.6 Å². The average molecular weight is 386 g/mol. The highest BCUT2D eigenvalue weighted by atomic mass is 35.5. The molecule has 2 atom stereocenters. The highest BCUT2D eigenvalue weighted by Crippen LogP contribution is 2.45. The summed E-state index contributed by atoms with van der Waals surface area (Å²) >= 11 is 6.17. The van der Waals surface area contributed by atoms with Crippen molar-refractivity contribution in [2.75, 3.05) is 19.7 Å². The number of hydrogen-bond acceptors (Lipinski definition) is 4. The van der Waals surface area contributed by atoms with Crippen LogP contribution in [-0.4, -0.2) is 58.1 Å². The Morgan fingerprint density at radius 2 is 2.19 bits per heavy atom. The first-order valence-corrected chi connectivity index (χ1v) is 9.70. The Bertz CT molecular complexity index is 978. The fraction of sp³-hybridized carbons (Fsp3) is 0.450. The van der Waals surface area contributed by atoms with Crippen LogP contribution in [0.25, 0.3) is 10.9 Å². The molecule has 140 valence electrons. The summed E-state index contributed by atoms with van der Waals surface area (Å²) in [6.45, 7) is 3.80. The van der Waals surface area contributed by atoms with E-state index in [1.165, 1.54) is 0 Å². The third kappa shape index (κ3) is 2.39. The van der Waals surface area contributed by atoms with E-state index in [-0.39, 0.29) is 17.9 Å². The summed E-state index contributed by atoms with van der Waals surface area (Å²) in [5, 5.41) is 1.31. The molecule has 3 saturated heterocycles. The molecule has 0 bridgehead atoms. The number of amides is 2. The molecule has 3 aliphatic rings. The molecule has 0 N–H and O–H groups in total. The van der Waals surface area contributed by atoms with Gasteiger partial charge in [-0.2, -0.15) is 0 Å². The number of halogens is 1. The van der Waals surface area contributed by atoms with Crippen molar-refractivity contribution in [2.24, 2.45) is 0 Å². The number of rotatable bonds is 1. The van der Waals surface area contributed by atoms with Gasteiger partial charge in [0.1, 0.15) is 0 Å². The SMILES string of the molecule is Cc1cc(C(=O)N2CC[C@@]34OCCCN3C(=O)C[C@@H]24)c2cc(Cl)ccc2n1. The number of nitrogens with zero attached hydrogens (tertiary/aromatic N) is 3. The van der Waals surface area contributed by atoms with Crippen LogP contribution in [0.2, 0.25) is 5.02 Å². The number of carbonyl (C=O) groups is 2. The van der Waals surface area contributed by atoms with E-state index in [1.807, 2.05) is 28.9 Å². The van der Waals surface area contributed by atoms with E-state index in [0.717, 1.165) is 23.0 Å². The number of aromatic nitrogens is 1.